The number of rotatable bonds is 2. The van der Waals surface area contributed by atoms with Gasteiger partial charge in [0.1, 0.15) is 15.9 Å². The highest BCUT2D eigenvalue weighted by molar-refractivity contribution is 7.90. The second-order valence-corrected chi connectivity index (χ2v) is 5.64. The van der Waals surface area contributed by atoms with E-state index in [0.29, 0.717) is 16.7 Å². The van der Waals surface area contributed by atoms with E-state index in [1.165, 1.54) is 18.5 Å². The third-order valence-electron chi connectivity index (χ3n) is 2.60. The minimum Gasteiger partial charge on any atom is -0.399 e. The number of aromatic nitrogens is 4. The molecular weight excluding hydrogens is 266 g/mol. The average molecular weight is 275 g/mol. The molecule has 2 aromatic heterocycles. The fraction of sp³-hybridized carbons (Fsp3) is 0. The first-order chi connectivity index (χ1) is 9.09. The lowest BCUT2D eigenvalue weighted by Gasteiger charge is -2.03. The zero-order valence-electron chi connectivity index (χ0n) is 9.63. The standard InChI is InChI=1S/C11H9N5O2S/c12-8-3-4-11-10(6-8)14-15-16(11)19(17,18)9-2-1-5-13-7-9/h1-7H,12H2. The summed E-state index contributed by atoms with van der Waals surface area (Å²) in [5.41, 5.74) is 6.91. The first-order valence-electron chi connectivity index (χ1n) is 5.35. The largest absolute Gasteiger partial charge is 0.399 e. The Bertz CT molecular complexity index is 842. The summed E-state index contributed by atoms with van der Waals surface area (Å²) < 4.78 is 25.6. The second-order valence-electron chi connectivity index (χ2n) is 3.87. The first kappa shape index (κ1) is 11.6. The van der Waals surface area contributed by atoms with Crippen LogP contribution in [0.3, 0.4) is 0 Å². The van der Waals surface area contributed by atoms with Crippen LogP contribution in [0.5, 0.6) is 0 Å². The van der Waals surface area contributed by atoms with Crippen molar-refractivity contribution in [3.63, 3.8) is 0 Å². The molecule has 0 saturated heterocycles. The van der Waals surface area contributed by atoms with Crippen LogP contribution >= 0.6 is 0 Å². The van der Waals surface area contributed by atoms with E-state index < -0.39 is 10.0 Å². The average Bonchev–Trinajstić information content (AvgIpc) is 2.83. The molecule has 0 unspecified atom stereocenters. The van der Waals surface area contributed by atoms with Crippen LogP contribution in [-0.2, 0) is 10.0 Å². The topological polar surface area (TPSA) is 104 Å². The Balaban J connectivity index is 2.25. The molecule has 0 aliphatic rings. The molecule has 7 nitrogen and oxygen atoms in total. The Morgan fingerprint density at radius 1 is 1.21 bits per heavy atom. The minimum atomic E-state index is -3.80. The van der Waals surface area contributed by atoms with Crippen molar-refractivity contribution in [3.05, 3.63) is 42.7 Å². The maximum absolute atomic E-state index is 12.4. The third kappa shape index (κ3) is 1.82. The molecule has 19 heavy (non-hydrogen) atoms. The quantitative estimate of drug-likeness (QED) is 0.688. The Kier molecular flexibility index (Phi) is 2.46. The molecule has 0 aliphatic carbocycles. The summed E-state index contributed by atoms with van der Waals surface area (Å²) >= 11 is 0. The van der Waals surface area contributed by atoms with Gasteiger partial charge in [-0.15, -0.1) is 9.19 Å². The van der Waals surface area contributed by atoms with Crippen molar-refractivity contribution in [2.45, 2.75) is 4.90 Å². The molecule has 0 radical (unpaired) electrons. The lowest BCUT2D eigenvalue weighted by atomic mass is 10.3. The number of pyridine rings is 1. The van der Waals surface area contributed by atoms with E-state index in [4.69, 9.17) is 5.73 Å². The van der Waals surface area contributed by atoms with E-state index >= 15 is 0 Å². The summed E-state index contributed by atoms with van der Waals surface area (Å²) in [5.74, 6) is 0. The van der Waals surface area contributed by atoms with E-state index in [1.54, 1.807) is 24.3 Å². The number of benzene rings is 1. The fourth-order valence-electron chi connectivity index (χ4n) is 1.70. The van der Waals surface area contributed by atoms with Crippen LogP contribution in [0.1, 0.15) is 0 Å². The number of anilines is 1. The monoisotopic (exact) mass is 275 g/mol. The van der Waals surface area contributed by atoms with Gasteiger partial charge < -0.3 is 5.73 Å². The molecule has 0 spiro atoms. The molecule has 0 saturated carbocycles. The fourth-order valence-corrected chi connectivity index (χ4v) is 2.89. The number of nitrogens with zero attached hydrogens (tertiary/aromatic N) is 4. The molecule has 2 N–H and O–H groups in total. The predicted molar refractivity (Wildman–Crippen MR) is 68.8 cm³/mol. The normalized spacial score (nSPS) is 11.8. The zero-order valence-corrected chi connectivity index (χ0v) is 10.4. The van der Waals surface area contributed by atoms with E-state index in [2.05, 4.69) is 15.3 Å². The van der Waals surface area contributed by atoms with Crippen LogP contribution in [0.25, 0.3) is 11.0 Å². The molecule has 3 rings (SSSR count). The van der Waals surface area contributed by atoms with Gasteiger partial charge in [0, 0.05) is 18.1 Å². The molecule has 1 aromatic carbocycles. The van der Waals surface area contributed by atoms with E-state index in [0.717, 1.165) is 4.09 Å². The third-order valence-corrected chi connectivity index (χ3v) is 4.16. The first-order valence-corrected chi connectivity index (χ1v) is 6.79. The van der Waals surface area contributed by atoms with E-state index in [1.807, 2.05) is 0 Å². The summed E-state index contributed by atoms with van der Waals surface area (Å²) in [6.07, 6.45) is 2.76. The summed E-state index contributed by atoms with van der Waals surface area (Å²) in [7, 11) is -3.80. The van der Waals surface area contributed by atoms with Crippen molar-refractivity contribution in [2.75, 3.05) is 5.73 Å². The Labute approximate surface area is 108 Å². The van der Waals surface area contributed by atoms with Gasteiger partial charge in [-0.1, -0.05) is 5.21 Å². The number of hydrogen-bond donors (Lipinski definition) is 1. The highest BCUT2D eigenvalue weighted by Gasteiger charge is 2.21. The predicted octanol–water partition coefficient (Wildman–Crippen LogP) is 0.646. The molecule has 0 amide bonds. The van der Waals surface area contributed by atoms with Gasteiger partial charge in [-0.2, -0.15) is 8.42 Å². The van der Waals surface area contributed by atoms with Crippen LogP contribution in [0.4, 0.5) is 5.69 Å². The Hall–Kier alpha value is -2.48. The molecule has 2 heterocycles. The number of hydrogen-bond acceptors (Lipinski definition) is 6. The Morgan fingerprint density at radius 2 is 2.05 bits per heavy atom. The number of nitrogen functional groups attached to an aromatic ring is 1. The zero-order chi connectivity index (χ0) is 13.5. The van der Waals surface area contributed by atoms with Gasteiger partial charge in [0.2, 0.25) is 0 Å². The van der Waals surface area contributed by atoms with Crippen molar-refractivity contribution in [3.8, 4) is 0 Å². The van der Waals surface area contributed by atoms with E-state index in [9.17, 15) is 8.42 Å². The lowest BCUT2D eigenvalue weighted by Crippen LogP contribution is -2.14. The molecule has 8 heteroatoms. The van der Waals surface area contributed by atoms with Crippen LogP contribution in [0.15, 0.2) is 47.6 Å². The lowest BCUT2D eigenvalue weighted by molar-refractivity contribution is 0.579. The molecule has 0 atom stereocenters. The second kappa shape index (κ2) is 4.02. The molecular formula is C11H9N5O2S. The molecule has 0 bridgehead atoms. The summed E-state index contributed by atoms with van der Waals surface area (Å²) in [6.45, 7) is 0. The van der Waals surface area contributed by atoms with Crippen LogP contribution in [0, 0.1) is 0 Å². The number of nitrogens with two attached hydrogens (primary N) is 1. The highest BCUT2D eigenvalue weighted by Crippen LogP contribution is 2.19. The maximum Gasteiger partial charge on any atom is 0.286 e. The van der Waals surface area contributed by atoms with Gasteiger partial charge in [-0.3, -0.25) is 4.98 Å². The van der Waals surface area contributed by atoms with Gasteiger partial charge in [0.05, 0.1) is 0 Å². The van der Waals surface area contributed by atoms with Crippen LogP contribution in [0.2, 0.25) is 0 Å². The molecule has 0 fully saturated rings. The molecule has 3 aromatic rings. The highest BCUT2D eigenvalue weighted by atomic mass is 32.2. The van der Waals surface area contributed by atoms with Crippen molar-refractivity contribution >= 4 is 26.7 Å². The van der Waals surface area contributed by atoms with Gasteiger partial charge >= 0.3 is 0 Å². The van der Waals surface area contributed by atoms with Crippen LogP contribution in [-0.4, -0.2) is 27.8 Å². The maximum atomic E-state index is 12.4. The smallest absolute Gasteiger partial charge is 0.286 e. The number of fused-ring (bicyclic) bond motifs is 1. The van der Waals surface area contributed by atoms with Crippen molar-refractivity contribution < 1.29 is 8.42 Å². The SMILES string of the molecule is Nc1ccc2c(c1)nnn2S(=O)(=O)c1cccnc1. The van der Waals surface area contributed by atoms with E-state index in [-0.39, 0.29) is 4.90 Å². The van der Waals surface area contributed by atoms with Crippen molar-refractivity contribution in [2.24, 2.45) is 0 Å². The summed E-state index contributed by atoms with van der Waals surface area (Å²) in [6, 6.07) is 7.73. The molecule has 96 valence electrons. The van der Waals surface area contributed by atoms with Crippen LogP contribution < -0.4 is 5.73 Å². The van der Waals surface area contributed by atoms with Gasteiger partial charge in [-0.05, 0) is 30.3 Å². The van der Waals surface area contributed by atoms with Gasteiger partial charge in [0.25, 0.3) is 10.0 Å². The summed E-state index contributed by atoms with van der Waals surface area (Å²) in [5, 5.41) is 7.48. The minimum absolute atomic E-state index is 0.0543. The van der Waals surface area contributed by atoms with Crippen molar-refractivity contribution in [1.29, 1.82) is 0 Å². The van der Waals surface area contributed by atoms with Gasteiger partial charge in [-0.25, -0.2) is 0 Å². The molecule has 0 aliphatic heterocycles. The van der Waals surface area contributed by atoms with Crippen molar-refractivity contribution in [1.82, 2.24) is 19.4 Å². The summed E-state index contributed by atoms with van der Waals surface area (Å²) in [4.78, 5) is 3.85. The van der Waals surface area contributed by atoms with Gasteiger partial charge in [0.15, 0.2) is 0 Å². The Morgan fingerprint density at radius 3 is 2.79 bits per heavy atom.